The number of fused-ring (bicyclic) bond motifs is 6. The van der Waals surface area contributed by atoms with E-state index in [-0.39, 0.29) is 0 Å². The van der Waals surface area contributed by atoms with Gasteiger partial charge in [0.25, 0.3) is 0 Å². The van der Waals surface area contributed by atoms with Crippen molar-refractivity contribution in [3.63, 3.8) is 0 Å². The zero-order valence-electron chi connectivity index (χ0n) is 27.4. The lowest BCUT2D eigenvalue weighted by Crippen LogP contribution is -2.01. The number of hydrogen-bond donors (Lipinski definition) is 0. The molecule has 2 aliphatic carbocycles. The van der Waals surface area contributed by atoms with Crippen LogP contribution < -0.4 is 0 Å². The summed E-state index contributed by atoms with van der Waals surface area (Å²) in [6.07, 6.45) is 7.56. The van der Waals surface area contributed by atoms with Crippen LogP contribution in [0.2, 0.25) is 0 Å². The molecule has 0 amide bonds. The number of nitrogens with zero attached hydrogens (tertiary/aromatic N) is 4. The quantitative estimate of drug-likeness (QED) is 0.188. The van der Waals surface area contributed by atoms with Gasteiger partial charge in [0.15, 0.2) is 17.5 Å². The van der Waals surface area contributed by atoms with Gasteiger partial charge in [-0.3, -0.25) is 0 Å². The third-order valence-corrected chi connectivity index (χ3v) is 10.2. The molecule has 2 aliphatic rings. The number of aryl methyl sites for hydroxylation is 1. The van der Waals surface area contributed by atoms with Gasteiger partial charge in [-0.05, 0) is 70.9 Å². The Morgan fingerprint density at radius 1 is 0.480 bits per heavy atom. The van der Waals surface area contributed by atoms with Crippen molar-refractivity contribution in [2.75, 3.05) is 0 Å². The van der Waals surface area contributed by atoms with Crippen molar-refractivity contribution in [3.05, 3.63) is 174 Å². The molecule has 8 aromatic rings. The predicted molar refractivity (Wildman–Crippen MR) is 204 cm³/mol. The van der Waals surface area contributed by atoms with Gasteiger partial charge in [0.1, 0.15) is 0 Å². The summed E-state index contributed by atoms with van der Waals surface area (Å²) in [5, 5.41) is 1.34. The van der Waals surface area contributed by atoms with E-state index in [2.05, 4.69) is 126 Å². The SMILES string of the molecule is C1=Cc2c(c3cccc(-c4cccc5c4-c4cccc(-c6nc(-c7ccccc7)nc(-c7ccccc7)n6)c4C5)c3n2-c2ccccc2)CC1. The largest absolute Gasteiger partial charge is 0.309 e. The molecule has 0 unspecified atom stereocenters. The number of hydrogen-bond acceptors (Lipinski definition) is 3. The topological polar surface area (TPSA) is 43.6 Å². The molecule has 0 atom stereocenters. The molecule has 0 saturated heterocycles. The van der Waals surface area contributed by atoms with Crippen LogP contribution in [0.1, 0.15) is 28.8 Å². The third-order valence-electron chi connectivity index (χ3n) is 10.2. The second kappa shape index (κ2) is 11.6. The Kier molecular flexibility index (Phi) is 6.66. The normalized spacial score (nSPS) is 12.9. The van der Waals surface area contributed by atoms with E-state index >= 15 is 0 Å². The molecule has 0 aliphatic heterocycles. The van der Waals surface area contributed by atoms with Gasteiger partial charge in [-0.2, -0.15) is 0 Å². The fraction of sp³-hybridized carbons (Fsp3) is 0.0652. The average Bonchev–Trinajstić information content (AvgIpc) is 3.75. The van der Waals surface area contributed by atoms with Gasteiger partial charge in [0.2, 0.25) is 0 Å². The lowest BCUT2D eigenvalue weighted by molar-refractivity contribution is 0.968. The minimum Gasteiger partial charge on any atom is -0.309 e. The van der Waals surface area contributed by atoms with Gasteiger partial charge >= 0.3 is 0 Å². The van der Waals surface area contributed by atoms with Crippen molar-refractivity contribution in [1.82, 2.24) is 19.5 Å². The van der Waals surface area contributed by atoms with E-state index in [1.54, 1.807) is 0 Å². The predicted octanol–water partition coefficient (Wildman–Crippen LogP) is 11.0. The molecule has 0 fully saturated rings. The summed E-state index contributed by atoms with van der Waals surface area (Å²) in [6.45, 7) is 0. The van der Waals surface area contributed by atoms with E-state index in [0.717, 1.165) is 36.0 Å². The first-order valence-electron chi connectivity index (χ1n) is 17.3. The molecule has 2 heterocycles. The van der Waals surface area contributed by atoms with Crippen LogP contribution >= 0.6 is 0 Å². The molecule has 4 heteroatoms. The van der Waals surface area contributed by atoms with E-state index in [9.17, 15) is 0 Å². The van der Waals surface area contributed by atoms with Crippen LogP contribution in [0.3, 0.4) is 0 Å². The number of aromatic nitrogens is 4. The first kappa shape index (κ1) is 28.6. The van der Waals surface area contributed by atoms with Crippen LogP contribution in [-0.2, 0) is 12.8 Å². The molecule has 10 rings (SSSR count). The number of rotatable bonds is 5. The molecule has 0 radical (unpaired) electrons. The van der Waals surface area contributed by atoms with Crippen LogP contribution in [0.15, 0.2) is 152 Å². The van der Waals surface area contributed by atoms with Gasteiger partial charge in [0.05, 0.1) is 5.52 Å². The highest BCUT2D eigenvalue weighted by Crippen LogP contribution is 2.48. The first-order chi connectivity index (χ1) is 24.8. The van der Waals surface area contributed by atoms with Crippen LogP contribution in [0, 0.1) is 0 Å². The Morgan fingerprint density at radius 3 is 1.82 bits per heavy atom. The van der Waals surface area contributed by atoms with Crippen LogP contribution in [-0.4, -0.2) is 19.5 Å². The molecule has 50 heavy (non-hydrogen) atoms. The van der Waals surface area contributed by atoms with E-state index < -0.39 is 0 Å². The second-order valence-corrected chi connectivity index (χ2v) is 13.1. The summed E-state index contributed by atoms with van der Waals surface area (Å²) in [4.78, 5) is 15.2. The lowest BCUT2D eigenvalue weighted by atomic mass is 9.92. The summed E-state index contributed by atoms with van der Waals surface area (Å²) in [6, 6.07) is 51.4. The Balaban J connectivity index is 1.18. The lowest BCUT2D eigenvalue weighted by Gasteiger charge is -2.16. The molecular formula is C46H32N4. The standard InChI is InChI=1S/C46H32N4/c1-4-15-30(16-5-1)44-47-45(31-17-6-2-7-18-31)49-46(48-44)39-27-13-24-36-40(39)29-32-19-12-23-35(42(32)36)38-26-14-25-37-34-22-10-11-28-41(34)50(43(37)38)33-20-8-3-9-21-33/h1-9,11-21,23-28H,10,22,29H2. The summed E-state index contributed by atoms with van der Waals surface area (Å²) in [5.41, 5.74) is 15.8. The van der Waals surface area contributed by atoms with Crippen molar-refractivity contribution in [2.24, 2.45) is 0 Å². The molecule has 0 bridgehead atoms. The zero-order valence-corrected chi connectivity index (χ0v) is 27.4. The van der Waals surface area contributed by atoms with E-state index in [0.29, 0.717) is 17.5 Å². The van der Waals surface area contributed by atoms with E-state index in [4.69, 9.17) is 15.0 Å². The maximum Gasteiger partial charge on any atom is 0.164 e. The van der Waals surface area contributed by atoms with E-state index in [1.165, 1.54) is 61.2 Å². The molecular weight excluding hydrogens is 609 g/mol. The maximum atomic E-state index is 5.11. The highest BCUT2D eigenvalue weighted by Gasteiger charge is 2.28. The minimum atomic E-state index is 0.676. The van der Waals surface area contributed by atoms with E-state index in [1.807, 2.05) is 36.4 Å². The monoisotopic (exact) mass is 640 g/mol. The summed E-state index contributed by atoms with van der Waals surface area (Å²) >= 11 is 0. The fourth-order valence-electron chi connectivity index (χ4n) is 7.97. The number of para-hydroxylation sites is 2. The van der Waals surface area contributed by atoms with Crippen LogP contribution in [0.4, 0.5) is 0 Å². The minimum absolute atomic E-state index is 0.676. The second-order valence-electron chi connectivity index (χ2n) is 13.1. The molecule has 0 N–H and O–H groups in total. The Labute approximate surface area is 291 Å². The van der Waals surface area contributed by atoms with Gasteiger partial charge in [-0.25, -0.2) is 15.0 Å². The fourth-order valence-corrected chi connectivity index (χ4v) is 7.97. The molecule has 2 aromatic heterocycles. The Hall–Kier alpha value is -6.39. The third kappa shape index (κ3) is 4.56. The van der Waals surface area contributed by atoms with Gasteiger partial charge < -0.3 is 4.57 Å². The molecule has 4 nitrogen and oxygen atoms in total. The molecule has 0 saturated carbocycles. The van der Waals surface area contributed by atoms with Gasteiger partial charge in [-0.1, -0.05) is 140 Å². The number of allylic oxidation sites excluding steroid dienone is 1. The first-order valence-corrected chi connectivity index (χ1v) is 17.3. The van der Waals surface area contributed by atoms with Crippen molar-refractivity contribution >= 4 is 17.0 Å². The van der Waals surface area contributed by atoms with Crippen molar-refractivity contribution in [1.29, 1.82) is 0 Å². The zero-order chi connectivity index (χ0) is 33.0. The molecule has 6 aromatic carbocycles. The highest BCUT2D eigenvalue weighted by atomic mass is 15.0. The summed E-state index contributed by atoms with van der Waals surface area (Å²) in [7, 11) is 0. The average molecular weight is 641 g/mol. The van der Waals surface area contributed by atoms with Gasteiger partial charge in [0, 0.05) is 39.0 Å². The number of benzene rings is 6. The summed E-state index contributed by atoms with van der Waals surface area (Å²) in [5.74, 6) is 2.05. The molecule has 236 valence electrons. The van der Waals surface area contributed by atoms with Crippen molar-refractivity contribution < 1.29 is 0 Å². The molecule has 0 spiro atoms. The van der Waals surface area contributed by atoms with Crippen LogP contribution in [0.25, 0.3) is 79.1 Å². The smallest absolute Gasteiger partial charge is 0.164 e. The Morgan fingerprint density at radius 2 is 1.08 bits per heavy atom. The van der Waals surface area contributed by atoms with Crippen molar-refractivity contribution in [3.8, 4) is 62.1 Å². The van der Waals surface area contributed by atoms with Crippen molar-refractivity contribution in [2.45, 2.75) is 19.3 Å². The van der Waals surface area contributed by atoms with Crippen LogP contribution in [0.5, 0.6) is 0 Å². The highest BCUT2D eigenvalue weighted by molar-refractivity contribution is 6.05. The maximum absolute atomic E-state index is 5.11. The Bertz CT molecular complexity index is 2540. The van der Waals surface area contributed by atoms with Gasteiger partial charge in [-0.15, -0.1) is 0 Å². The summed E-state index contributed by atoms with van der Waals surface area (Å²) < 4.78 is 2.47.